The van der Waals surface area contributed by atoms with Crippen LogP contribution in [0.15, 0.2) is 24.3 Å². The van der Waals surface area contributed by atoms with E-state index in [0.29, 0.717) is 36.7 Å². The summed E-state index contributed by atoms with van der Waals surface area (Å²) in [7, 11) is 0. The Hall–Kier alpha value is -2.30. The number of urea groups is 1. The zero-order chi connectivity index (χ0) is 20.0. The van der Waals surface area contributed by atoms with Gasteiger partial charge in [-0.05, 0) is 56.0 Å². The van der Waals surface area contributed by atoms with Gasteiger partial charge in [0.25, 0.3) is 0 Å². The number of aliphatic hydroxyl groups excluding tert-OH is 1. The second-order valence-electron chi connectivity index (χ2n) is 8.12. The molecule has 0 aromatic heterocycles. The van der Waals surface area contributed by atoms with E-state index in [9.17, 15) is 9.90 Å². The maximum Gasteiger partial charge on any atom is 0.317 e. The fourth-order valence-corrected chi connectivity index (χ4v) is 4.42. The molecular weight excluding hydrogens is 356 g/mol. The average molecular weight is 386 g/mol. The summed E-state index contributed by atoms with van der Waals surface area (Å²) in [4.78, 5) is 14.4. The fraction of sp³-hybridized carbons (Fsp3) is 0.619. The van der Waals surface area contributed by atoms with E-state index in [-0.39, 0.29) is 18.1 Å². The first-order valence-corrected chi connectivity index (χ1v) is 10.1. The van der Waals surface area contributed by atoms with Crippen LogP contribution in [0.25, 0.3) is 0 Å². The minimum absolute atomic E-state index is 0.00106. The van der Waals surface area contributed by atoms with Crippen LogP contribution in [0.2, 0.25) is 0 Å². The molecule has 2 amide bonds. The van der Waals surface area contributed by atoms with Crippen molar-refractivity contribution in [1.82, 2.24) is 15.5 Å². The lowest BCUT2D eigenvalue weighted by Gasteiger charge is -2.50. The molecule has 1 aromatic rings. The Morgan fingerprint density at radius 2 is 2.29 bits per heavy atom. The number of nitrogens with zero attached hydrogens (tertiary/aromatic N) is 2. The van der Waals surface area contributed by atoms with Crippen molar-refractivity contribution in [2.45, 2.75) is 32.3 Å². The van der Waals surface area contributed by atoms with Crippen molar-refractivity contribution in [3.63, 3.8) is 0 Å². The monoisotopic (exact) mass is 386 g/mol. The molecule has 2 aliphatic heterocycles. The third kappa shape index (κ3) is 5.15. The van der Waals surface area contributed by atoms with Gasteiger partial charge in [-0.3, -0.25) is 0 Å². The number of amides is 2. The quantitative estimate of drug-likeness (QED) is 0.663. The molecule has 2 bridgehead atoms. The van der Waals surface area contributed by atoms with Gasteiger partial charge in [0.1, 0.15) is 12.4 Å². The third-order valence-corrected chi connectivity index (χ3v) is 5.57. The highest BCUT2D eigenvalue weighted by Crippen LogP contribution is 2.39. The predicted molar refractivity (Wildman–Crippen MR) is 106 cm³/mol. The number of hydrogen-bond donors (Lipinski definition) is 3. The average Bonchev–Trinajstić information content (AvgIpc) is 2.70. The van der Waals surface area contributed by atoms with Gasteiger partial charge in [-0.2, -0.15) is 5.26 Å². The molecule has 3 N–H and O–H groups in total. The molecule has 1 aromatic carbocycles. The topological polar surface area (TPSA) is 97.6 Å². The van der Waals surface area contributed by atoms with Crippen molar-refractivity contribution in [2.75, 3.05) is 39.3 Å². The van der Waals surface area contributed by atoms with Crippen LogP contribution in [0.1, 0.15) is 31.7 Å². The molecule has 2 heterocycles. The number of aliphatic hydroxyl groups is 1. The number of nitrogens with one attached hydrogen (secondary N) is 2. The Bertz CT molecular complexity index is 703. The smallest absolute Gasteiger partial charge is 0.317 e. The van der Waals surface area contributed by atoms with Crippen molar-refractivity contribution in [3.05, 3.63) is 29.8 Å². The summed E-state index contributed by atoms with van der Waals surface area (Å²) < 4.78 is 5.70. The standard InChI is InChI=1S/C21H30N4O3/c1-2-7-24-20(27)25-12-17-8-21(15-25,14-23-11-17)9-18(26)13-28-19-5-3-16(10-22)4-6-19/h3-6,17-18,23,26H,2,7-9,11-15H2,1H3,(H,24,27)/t17?,18-,21?/m1/s1. The van der Waals surface area contributed by atoms with Crippen molar-refractivity contribution in [2.24, 2.45) is 11.3 Å². The summed E-state index contributed by atoms with van der Waals surface area (Å²) in [6.45, 7) is 6.06. The van der Waals surface area contributed by atoms with Crippen LogP contribution in [0.3, 0.4) is 0 Å². The molecule has 28 heavy (non-hydrogen) atoms. The summed E-state index contributed by atoms with van der Waals surface area (Å²) in [5.41, 5.74) is 0.452. The van der Waals surface area contributed by atoms with Gasteiger partial charge in [0.05, 0.1) is 17.7 Å². The predicted octanol–water partition coefficient (Wildman–Crippen LogP) is 1.72. The SMILES string of the molecule is CCCNC(=O)N1CC2CNCC(C[C@@H](O)COc3ccc(C#N)cc3)(C2)C1. The lowest BCUT2D eigenvalue weighted by molar-refractivity contribution is -0.0114. The van der Waals surface area contributed by atoms with Crippen LogP contribution in [0.5, 0.6) is 5.75 Å². The van der Waals surface area contributed by atoms with Crippen molar-refractivity contribution < 1.29 is 14.6 Å². The van der Waals surface area contributed by atoms with Gasteiger partial charge in [-0.25, -0.2) is 4.79 Å². The molecule has 0 spiro atoms. The van der Waals surface area contributed by atoms with Crippen LogP contribution in [0.4, 0.5) is 4.79 Å². The van der Waals surface area contributed by atoms with Crippen LogP contribution in [-0.2, 0) is 0 Å². The fourth-order valence-electron chi connectivity index (χ4n) is 4.42. The minimum atomic E-state index is -0.616. The minimum Gasteiger partial charge on any atom is -0.491 e. The molecule has 152 valence electrons. The molecule has 3 atom stereocenters. The van der Waals surface area contributed by atoms with Gasteiger partial charge in [0.15, 0.2) is 0 Å². The Balaban J connectivity index is 1.57. The Morgan fingerprint density at radius 3 is 3.00 bits per heavy atom. The number of benzene rings is 1. The Kier molecular flexibility index (Phi) is 6.76. The van der Waals surface area contributed by atoms with E-state index >= 15 is 0 Å². The van der Waals surface area contributed by atoms with E-state index < -0.39 is 6.10 Å². The van der Waals surface area contributed by atoms with Gasteiger partial charge in [0, 0.05) is 31.6 Å². The first-order chi connectivity index (χ1) is 13.5. The second-order valence-corrected chi connectivity index (χ2v) is 8.12. The Morgan fingerprint density at radius 1 is 1.50 bits per heavy atom. The molecule has 0 saturated carbocycles. The summed E-state index contributed by atoms with van der Waals surface area (Å²) in [6, 6.07) is 8.95. The van der Waals surface area contributed by atoms with E-state index in [2.05, 4.69) is 16.7 Å². The van der Waals surface area contributed by atoms with Crippen molar-refractivity contribution in [1.29, 1.82) is 5.26 Å². The van der Waals surface area contributed by atoms with Gasteiger partial charge in [-0.1, -0.05) is 6.92 Å². The number of ether oxygens (including phenoxy) is 1. The maximum atomic E-state index is 12.5. The zero-order valence-corrected chi connectivity index (χ0v) is 16.5. The highest BCUT2D eigenvalue weighted by Gasteiger charge is 2.44. The molecule has 7 heteroatoms. The molecule has 3 rings (SSSR count). The van der Waals surface area contributed by atoms with Crippen LogP contribution < -0.4 is 15.4 Å². The molecule has 0 aliphatic carbocycles. The highest BCUT2D eigenvalue weighted by molar-refractivity contribution is 5.74. The number of fused-ring (bicyclic) bond motifs is 2. The van der Waals surface area contributed by atoms with Crippen molar-refractivity contribution in [3.8, 4) is 11.8 Å². The number of piperidine rings is 2. The maximum absolute atomic E-state index is 12.5. The van der Waals surface area contributed by atoms with Crippen LogP contribution in [0, 0.1) is 22.7 Å². The second kappa shape index (κ2) is 9.26. The normalized spacial score (nSPS) is 24.9. The number of carbonyl (C=O) groups excluding carboxylic acids is 1. The van der Waals surface area contributed by atoms with E-state index in [1.807, 2.05) is 11.8 Å². The number of nitriles is 1. The van der Waals surface area contributed by atoms with Gasteiger partial charge >= 0.3 is 6.03 Å². The number of rotatable bonds is 7. The summed E-state index contributed by atoms with van der Waals surface area (Å²) >= 11 is 0. The first-order valence-electron chi connectivity index (χ1n) is 10.1. The van der Waals surface area contributed by atoms with E-state index in [1.165, 1.54) is 0 Å². The molecule has 7 nitrogen and oxygen atoms in total. The summed E-state index contributed by atoms with van der Waals surface area (Å²) in [5, 5.41) is 25.9. The summed E-state index contributed by atoms with van der Waals surface area (Å²) in [6.07, 6.45) is 1.91. The van der Waals surface area contributed by atoms with E-state index in [0.717, 1.165) is 32.5 Å². The number of carbonyl (C=O) groups is 1. The van der Waals surface area contributed by atoms with Crippen LogP contribution >= 0.6 is 0 Å². The number of likely N-dealkylation sites (tertiary alicyclic amines) is 1. The number of hydrogen-bond acceptors (Lipinski definition) is 5. The molecule has 2 unspecified atom stereocenters. The molecular formula is C21H30N4O3. The lowest BCUT2D eigenvalue weighted by Crippen LogP contribution is -2.61. The van der Waals surface area contributed by atoms with E-state index in [1.54, 1.807) is 24.3 Å². The molecule has 2 fully saturated rings. The van der Waals surface area contributed by atoms with E-state index in [4.69, 9.17) is 10.00 Å². The lowest BCUT2D eigenvalue weighted by atomic mass is 9.69. The van der Waals surface area contributed by atoms with Gasteiger partial charge in [0.2, 0.25) is 0 Å². The summed E-state index contributed by atoms with van der Waals surface area (Å²) in [5.74, 6) is 1.06. The first kappa shape index (κ1) is 20.4. The van der Waals surface area contributed by atoms with Gasteiger partial charge in [-0.15, -0.1) is 0 Å². The largest absolute Gasteiger partial charge is 0.491 e. The van der Waals surface area contributed by atoms with Gasteiger partial charge < -0.3 is 25.4 Å². The van der Waals surface area contributed by atoms with Crippen molar-refractivity contribution >= 4 is 6.03 Å². The third-order valence-electron chi connectivity index (χ3n) is 5.57. The highest BCUT2D eigenvalue weighted by atomic mass is 16.5. The molecule has 2 saturated heterocycles. The van der Waals surface area contributed by atoms with Crippen LogP contribution in [-0.4, -0.2) is 61.5 Å². The Labute approximate surface area is 166 Å². The molecule has 2 aliphatic rings. The zero-order valence-electron chi connectivity index (χ0n) is 16.5. The molecule has 0 radical (unpaired) electrons.